The molecule has 3 aromatic rings. The van der Waals surface area contributed by atoms with Crippen LogP contribution in [0.2, 0.25) is 0 Å². The number of hydrogen-bond donors (Lipinski definition) is 1. The number of benzene rings is 2. The van der Waals surface area contributed by atoms with Gasteiger partial charge in [0.15, 0.2) is 5.78 Å². The summed E-state index contributed by atoms with van der Waals surface area (Å²) in [6.45, 7) is 8.64. The topological polar surface area (TPSA) is 77.8 Å². The van der Waals surface area contributed by atoms with Crippen LogP contribution in [0, 0.1) is 23.1 Å². The van der Waals surface area contributed by atoms with E-state index < -0.39 is 24.3 Å². The van der Waals surface area contributed by atoms with E-state index in [4.69, 9.17) is 14.4 Å². The van der Waals surface area contributed by atoms with Crippen LogP contribution in [0.5, 0.6) is 0 Å². The molecule has 0 unspecified atom stereocenters. The Labute approximate surface area is 235 Å². The maximum Gasteiger partial charge on any atom is 0.494 e. The van der Waals surface area contributed by atoms with Crippen molar-refractivity contribution in [1.82, 2.24) is 4.57 Å². The Hall–Kier alpha value is -2.97. The summed E-state index contributed by atoms with van der Waals surface area (Å²) in [6, 6.07) is 12.8. The van der Waals surface area contributed by atoms with Gasteiger partial charge in [0.2, 0.25) is 0 Å². The average Bonchev–Trinajstić information content (AvgIpc) is 3.34. The van der Waals surface area contributed by atoms with Gasteiger partial charge in [0.1, 0.15) is 5.82 Å². The van der Waals surface area contributed by atoms with Gasteiger partial charge in [0.05, 0.1) is 16.7 Å². The van der Waals surface area contributed by atoms with E-state index in [1.807, 2.05) is 62.7 Å². The second kappa shape index (κ2) is 9.56. The Morgan fingerprint density at radius 1 is 0.925 bits per heavy atom. The lowest BCUT2D eigenvalue weighted by atomic mass is 9.47. The van der Waals surface area contributed by atoms with Crippen molar-refractivity contribution in [3.05, 3.63) is 65.6 Å². The Morgan fingerprint density at radius 2 is 1.52 bits per heavy atom. The van der Waals surface area contributed by atoms with Gasteiger partial charge in [-0.15, -0.1) is 0 Å². The minimum absolute atomic E-state index is 0.0438. The number of carboxylic acids is 1. The van der Waals surface area contributed by atoms with Crippen molar-refractivity contribution in [2.24, 2.45) is 17.3 Å². The van der Waals surface area contributed by atoms with E-state index >= 15 is 0 Å². The van der Waals surface area contributed by atoms with Crippen LogP contribution in [0.1, 0.15) is 82.1 Å². The number of rotatable bonds is 8. The van der Waals surface area contributed by atoms with E-state index in [0.29, 0.717) is 35.3 Å². The molecule has 3 aliphatic rings. The highest BCUT2D eigenvalue weighted by Crippen LogP contribution is 2.62. The van der Waals surface area contributed by atoms with Gasteiger partial charge in [-0.25, -0.2) is 4.39 Å². The number of halogens is 1. The Bertz CT molecular complexity index is 1450. The minimum atomic E-state index is -0.727. The molecule has 1 aliphatic heterocycles. The van der Waals surface area contributed by atoms with E-state index in [0.717, 1.165) is 36.7 Å². The van der Waals surface area contributed by atoms with Crippen LogP contribution in [0.25, 0.3) is 10.9 Å². The lowest BCUT2D eigenvalue weighted by Crippen LogP contribution is -2.48. The highest BCUT2D eigenvalue weighted by Gasteiger charge is 2.53. The van der Waals surface area contributed by atoms with Gasteiger partial charge in [-0.05, 0) is 99.9 Å². The fraction of sp³-hybridized carbons (Fsp3) is 0.500. The molecule has 210 valence electrons. The summed E-state index contributed by atoms with van der Waals surface area (Å²) in [4.78, 5) is 24.4. The van der Waals surface area contributed by atoms with Crippen LogP contribution in [-0.4, -0.2) is 39.7 Å². The predicted octanol–water partition coefficient (Wildman–Crippen LogP) is 5.98. The minimum Gasteiger partial charge on any atom is -0.481 e. The third-order valence-electron chi connectivity index (χ3n) is 9.85. The van der Waals surface area contributed by atoms with Crippen LogP contribution < -0.4 is 5.46 Å². The van der Waals surface area contributed by atoms with Gasteiger partial charge >= 0.3 is 13.1 Å². The van der Waals surface area contributed by atoms with E-state index in [9.17, 15) is 14.0 Å². The van der Waals surface area contributed by atoms with Crippen molar-refractivity contribution in [2.75, 3.05) is 0 Å². The van der Waals surface area contributed by atoms with Crippen LogP contribution in [0.15, 0.2) is 48.7 Å². The quantitative estimate of drug-likeness (QED) is 0.278. The maximum absolute atomic E-state index is 14.8. The third kappa shape index (κ3) is 4.79. The molecule has 0 atom stereocenters. The number of carbonyl (C=O) groups excluding carboxylic acids is 1. The molecule has 2 aliphatic carbocycles. The van der Waals surface area contributed by atoms with Crippen LogP contribution in [0.3, 0.4) is 0 Å². The maximum atomic E-state index is 14.8. The number of Topliss-reactive ketones (excluding diaryl/α,β-unsaturated/α-hetero) is 1. The predicted molar refractivity (Wildman–Crippen MR) is 152 cm³/mol. The molecule has 0 amide bonds. The van der Waals surface area contributed by atoms with Gasteiger partial charge in [-0.3, -0.25) is 9.59 Å². The molecule has 6 nitrogen and oxygen atoms in total. The van der Waals surface area contributed by atoms with Crippen molar-refractivity contribution >= 4 is 35.2 Å². The van der Waals surface area contributed by atoms with E-state index in [1.165, 1.54) is 6.07 Å². The van der Waals surface area contributed by atoms with Crippen molar-refractivity contribution in [3.8, 4) is 0 Å². The molecule has 3 fully saturated rings. The lowest BCUT2D eigenvalue weighted by Gasteiger charge is -2.58. The molecule has 0 radical (unpaired) electrons. The van der Waals surface area contributed by atoms with Crippen molar-refractivity contribution < 1.29 is 28.4 Å². The van der Waals surface area contributed by atoms with Gasteiger partial charge < -0.3 is 19.0 Å². The number of aliphatic carboxylic acids is 1. The molecular formula is C32H37BFNO5. The first-order valence-electron chi connectivity index (χ1n) is 14.3. The summed E-state index contributed by atoms with van der Waals surface area (Å²) in [7, 11) is -0.432. The van der Waals surface area contributed by atoms with E-state index in [1.54, 1.807) is 12.1 Å². The first-order chi connectivity index (χ1) is 18.8. The highest BCUT2D eigenvalue weighted by molar-refractivity contribution is 6.62. The summed E-state index contributed by atoms with van der Waals surface area (Å²) < 4.78 is 29.1. The fourth-order valence-electron chi connectivity index (χ4n) is 7.17. The first kappa shape index (κ1) is 27.2. The average molecular weight is 545 g/mol. The molecule has 8 heteroatoms. The van der Waals surface area contributed by atoms with Gasteiger partial charge in [-0.1, -0.05) is 24.3 Å². The van der Waals surface area contributed by atoms with Crippen molar-refractivity contribution in [1.29, 1.82) is 0 Å². The summed E-state index contributed by atoms with van der Waals surface area (Å²) in [5, 5.41) is 9.48. The molecule has 1 spiro atoms. The fourth-order valence-corrected chi connectivity index (χ4v) is 7.17. The second-order valence-corrected chi connectivity index (χ2v) is 13.4. The number of carboxylic acid groups (broad SMARTS) is 1. The molecule has 40 heavy (non-hydrogen) atoms. The number of hydrogen-bond acceptors (Lipinski definition) is 4. The van der Waals surface area contributed by atoms with Gasteiger partial charge in [-0.2, -0.15) is 0 Å². The summed E-state index contributed by atoms with van der Waals surface area (Å²) >= 11 is 0. The SMILES string of the molecule is CC1(C)OB(c2ccc(Cn3ccc4c(F)ccc(C(=O)CC5CC6(CC(CC(=O)O)C6)C5)c43)cc2)OC1(C)C. The number of fused-ring (bicyclic) bond motifs is 1. The van der Waals surface area contributed by atoms with Crippen LogP contribution >= 0.6 is 0 Å². The molecular weight excluding hydrogens is 508 g/mol. The van der Waals surface area contributed by atoms with Crippen LogP contribution in [0.4, 0.5) is 4.39 Å². The summed E-state index contributed by atoms with van der Waals surface area (Å²) in [6.07, 6.45) is 6.42. The molecule has 2 heterocycles. The molecule has 0 bridgehead atoms. The van der Waals surface area contributed by atoms with Crippen molar-refractivity contribution in [2.45, 2.75) is 84.0 Å². The standard InChI is InChI=1S/C32H37BFNO5/c1-30(2)31(3,4)40-33(39-30)23-7-5-20(6-8-23)19-35-12-11-24-26(34)10-9-25(29(24)35)27(36)13-21-15-32(16-21)17-22(18-32)14-28(37)38/h5-12,21-22H,13-19H2,1-4H3,(H,37,38). The molecule has 2 aromatic carbocycles. The smallest absolute Gasteiger partial charge is 0.481 e. The number of ketones is 1. The van der Waals surface area contributed by atoms with E-state index in [2.05, 4.69) is 0 Å². The Balaban J connectivity index is 1.15. The molecule has 1 N–H and O–H groups in total. The van der Waals surface area contributed by atoms with Crippen LogP contribution in [-0.2, 0) is 20.6 Å². The lowest BCUT2D eigenvalue weighted by molar-refractivity contribution is -0.142. The highest BCUT2D eigenvalue weighted by atomic mass is 19.1. The molecule has 2 saturated carbocycles. The van der Waals surface area contributed by atoms with Gasteiger partial charge in [0.25, 0.3) is 0 Å². The van der Waals surface area contributed by atoms with Gasteiger partial charge in [0, 0.05) is 36.5 Å². The molecule has 1 saturated heterocycles. The zero-order chi connectivity index (χ0) is 28.4. The number of nitrogens with zero attached hydrogens (tertiary/aromatic N) is 1. The number of carbonyl (C=O) groups is 2. The number of aromatic nitrogens is 1. The second-order valence-electron chi connectivity index (χ2n) is 13.4. The zero-order valence-electron chi connectivity index (χ0n) is 23.7. The normalized spacial score (nSPS) is 26.6. The van der Waals surface area contributed by atoms with E-state index in [-0.39, 0.29) is 29.4 Å². The van der Waals surface area contributed by atoms with Crippen molar-refractivity contribution in [3.63, 3.8) is 0 Å². The third-order valence-corrected chi connectivity index (χ3v) is 9.85. The molecule has 1 aromatic heterocycles. The summed E-state index contributed by atoms with van der Waals surface area (Å²) in [5.74, 6) is -0.426. The largest absolute Gasteiger partial charge is 0.494 e. The monoisotopic (exact) mass is 545 g/mol. The zero-order valence-corrected chi connectivity index (χ0v) is 23.7. The summed E-state index contributed by atoms with van der Waals surface area (Å²) in [5.41, 5.74) is 2.61. The Kier molecular flexibility index (Phi) is 6.50. The Morgan fingerprint density at radius 3 is 2.12 bits per heavy atom. The first-order valence-corrected chi connectivity index (χ1v) is 14.3. The molecule has 6 rings (SSSR count).